The average molecular weight is 256 g/mol. The van der Waals surface area contributed by atoms with E-state index in [1.54, 1.807) is 25.7 Å². The normalized spacial score (nSPS) is 10.8. The molecule has 0 N–H and O–H groups in total. The fourth-order valence-corrected chi connectivity index (χ4v) is 2.04. The second-order valence-electron chi connectivity index (χ2n) is 4.19. The number of aromatic nitrogens is 2. The summed E-state index contributed by atoms with van der Waals surface area (Å²) in [6, 6.07) is 6.96. The molecule has 0 aliphatic carbocycles. The van der Waals surface area contributed by atoms with Gasteiger partial charge in [0.2, 0.25) is 0 Å². The van der Waals surface area contributed by atoms with Gasteiger partial charge in [-0.25, -0.2) is 9.78 Å². The van der Waals surface area contributed by atoms with Crippen LogP contribution >= 0.6 is 0 Å². The van der Waals surface area contributed by atoms with Gasteiger partial charge in [0.25, 0.3) is 0 Å². The van der Waals surface area contributed by atoms with Crippen LogP contribution in [-0.4, -0.2) is 16.7 Å². The zero-order chi connectivity index (χ0) is 13.2. The summed E-state index contributed by atoms with van der Waals surface area (Å²) in [5.74, 6) is 0.662. The molecule has 0 saturated carbocycles. The Labute approximate surface area is 109 Å². The molecule has 0 saturated heterocycles. The number of hydrogen-bond donors (Lipinski definition) is 0. The minimum Gasteiger partial charge on any atom is -0.497 e. The smallest absolute Gasteiger partial charge is 0.336 e. The van der Waals surface area contributed by atoms with E-state index in [1.165, 1.54) is 6.07 Å². The molecule has 19 heavy (non-hydrogen) atoms. The molecule has 0 amide bonds. The lowest BCUT2D eigenvalue weighted by molar-refractivity contribution is 0.414. The lowest BCUT2D eigenvalue weighted by atomic mass is 10.1. The summed E-state index contributed by atoms with van der Waals surface area (Å²) < 4.78 is 12.2. The van der Waals surface area contributed by atoms with Crippen molar-refractivity contribution in [2.24, 2.45) is 0 Å². The number of imidazole rings is 1. The maximum Gasteiger partial charge on any atom is 0.336 e. The molecule has 3 rings (SSSR count). The van der Waals surface area contributed by atoms with Crippen LogP contribution in [0.4, 0.5) is 0 Å². The van der Waals surface area contributed by atoms with E-state index in [4.69, 9.17) is 9.15 Å². The second-order valence-corrected chi connectivity index (χ2v) is 4.19. The second kappa shape index (κ2) is 4.61. The van der Waals surface area contributed by atoms with E-state index < -0.39 is 0 Å². The van der Waals surface area contributed by atoms with Gasteiger partial charge in [0.05, 0.1) is 13.4 Å². The minimum absolute atomic E-state index is 0.365. The molecule has 5 nitrogen and oxygen atoms in total. The van der Waals surface area contributed by atoms with Gasteiger partial charge in [-0.05, 0) is 17.7 Å². The summed E-state index contributed by atoms with van der Waals surface area (Å²) in [5, 5.41) is 0.897. The zero-order valence-electron chi connectivity index (χ0n) is 10.4. The number of benzene rings is 1. The Bertz CT molecular complexity index is 760. The van der Waals surface area contributed by atoms with E-state index in [0.29, 0.717) is 17.9 Å². The van der Waals surface area contributed by atoms with E-state index >= 15 is 0 Å². The quantitative estimate of drug-likeness (QED) is 0.673. The van der Waals surface area contributed by atoms with Gasteiger partial charge in [0.1, 0.15) is 11.3 Å². The summed E-state index contributed by atoms with van der Waals surface area (Å²) in [6.07, 6.45) is 5.27. The molecule has 0 radical (unpaired) electrons. The van der Waals surface area contributed by atoms with E-state index in [9.17, 15) is 4.79 Å². The molecule has 0 aliphatic rings. The topological polar surface area (TPSA) is 57.3 Å². The highest BCUT2D eigenvalue weighted by Gasteiger charge is 2.07. The first-order valence-electron chi connectivity index (χ1n) is 5.83. The van der Waals surface area contributed by atoms with Crippen molar-refractivity contribution in [3.8, 4) is 5.75 Å². The van der Waals surface area contributed by atoms with E-state index in [0.717, 1.165) is 10.9 Å². The molecule has 0 bridgehead atoms. The van der Waals surface area contributed by atoms with Crippen molar-refractivity contribution in [2.75, 3.05) is 7.11 Å². The first-order valence-corrected chi connectivity index (χ1v) is 5.83. The van der Waals surface area contributed by atoms with Crippen LogP contribution in [0.1, 0.15) is 5.56 Å². The van der Waals surface area contributed by atoms with E-state index in [-0.39, 0.29) is 5.63 Å². The Kier molecular flexibility index (Phi) is 2.79. The predicted octanol–water partition coefficient (Wildman–Crippen LogP) is 2.05. The monoisotopic (exact) mass is 256 g/mol. The van der Waals surface area contributed by atoms with Gasteiger partial charge < -0.3 is 13.7 Å². The molecule has 0 atom stereocenters. The van der Waals surface area contributed by atoms with Crippen LogP contribution in [0, 0.1) is 0 Å². The molecule has 0 aliphatic heterocycles. The van der Waals surface area contributed by atoms with Gasteiger partial charge in [-0.2, -0.15) is 0 Å². The SMILES string of the molecule is COc1ccc2c(Cn3ccnc3)cc(=O)oc2c1. The zero-order valence-corrected chi connectivity index (χ0v) is 10.4. The first-order chi connectivity index (χ1) is 9.26. The van der Waals surface area contributed by atoms with Crippen LogP contribution in [0.15, 0.2) is 52.2 Å². The third-order valence-corrected chi connectivity index (χ3v) is 2.95. The fourth-order valence-electron chi connectivity index (χ4n) is 2.04. The summed E-state index contributed by atoms with van der Waals surface area (Å²) in [4.78, 5) is 15.6. The Hall–Kier alpha value is -2.56. The van der Waals surface area contributed by atoms with Crippen molar-refractivity contribution in [1.82, 2.24) is 9.55 Å². The van der Waals surface area contributed by atoms with Crippen LogP contribution in [0.25, 0.3) is 11.0 Å². The maximum absolute atomic E-state index is 11.6. The van der Waals surface area contributed by atoms with Gasteiger partial charge >= 0.3 is 5.63 Å². The molecule has 2 heterocycles. The van der Waals surface area contributed by atoms with Gasteiger partial charge in [0.15, 0.2) is 0 Å². The summed E-state index contributed by atoms with van der Waals surface area (Å²) in [7, 11) is 1.58. The minimum atomic E-state index is -0.365. The van der Waals surface area contributed by atoms with Gasteiger partial charge in [-0.1, -0.05) is 0 Å². The molecular formula is C14H12N2O3. The molecule has 1 aromatic carbocycles. The number of fused-ring (bicyclic) bond motifs is 1. The molecule has 96 valence electrons. The molecular weight excluding hydrogens is 244 g/mol. The maximum atomic E-state index is 11.6. The lowest BCUT2D eigenvalue weighted by Gasteiger charge is -2.07. The highest BCUT2D eigenvalue weighted by atomic mass is 16.5. The van der Waals surface area contributed by atoms with Crippen molar-refractivity contribution >= 4 is 11.0 Å². The van der Waals surface area contributed by atoms with Crippen molar-refractivity contribution in [2.45, 2.75) is 6.54 Å². The molecule has 2 aromatic heterocycles. The van der Waals surface area contributed by atoms with Crippen molar-refractivity contribution in [3.05, 3.63) is 59.0 Å². The highest BCUT2D eigenvalue weighted by Crippen LogP contribution is 2.22. The molecule has 0 fully saturated rings. The summed E-state index contributed by atoms with van der Waals surface area (Å²) in [6.45, 7) is 0.578. The number of hydrogen-bond acceptors (Lipinski definition) is 4. The summed E-state index contributed by atoms with van der Waals surface area (Å²) >= 11 is 0. The Balaban J connectivity index is 2.15. The van der Waals surface area contributed by atoms with Crippen molar-refractivity contribution in [3.63, 3.8) is 0 Å². The van der Waals surface area contributed by atoms with Crippen molar-refractivity contribution in [1.29, 1.82) is 0 Å². The lowest BCUT2D eigenvalue weighted by Crippen LogP contribution is -2.04. The van der Waals surface area contributed by atoms with Crippen LogP contribution in [0.2, 0.25) is 0 Å². The predicted molar refractivity (Wildman–Crippen MR) is 70.4 cm³/mol. The third-order valence-electron chi connectivity index (χ3n) is 2.95. The van der Waals surface area contributed by atoms with Gasteiger partial charge in [-0.15, -0.1) is 0 Å². The molecule has 5 heteroatoms. The van der Waals surface area contributed by atoms with Crippen LogP contribution in [0.3, 0.4) is 0 Å². The highest BCUT2D eigenvalue weighted by molar-refractivity contribution is 5.81. The summed E-state index contributed by atoms with van der Waals surface area (Å²) in [5.41, 5.74) is 1.06. The molecule has 0 spiro atoms. The van der Waals surface area contributed by atoms with Crippen LogP contribution in [0.5, 0.6) is 5.75 Å². The number of ether oxygens (including phenoxy) is 1. The van der Waals surface area contributed by atoms with Crippen LogP contribution in [-0.2, 0) is 6.54 Å². The van der Waals surface area contributed by atoms with Crippen molar-refractivity contribution < 1.29 is 9.15 Å². The Morgan fingerprint density at radius 1 is 1.37 bits per heavy atom. The number of nitrogens with zero attached hydrogens (tertiary/aromatic N) is 2. The Morgan fingerprint density at radius 3 is 3.00 bits per heavy atom. The molecule has 3 aromatic rings. The number of methoxy groups -OCH3 is 1. The average Bonchev–Trinajstić information content (AvgIpc) is 2.90. The standard InChI is InChI=1S/C14H12N2O3/c1-18-11-2-3-12-10(8-16-5-4-15-9-16)6-14(17)19-13(12)7-11/h2-7,9H,8H2,1H3. The van der Waals surface area contributed by atoms with Gasteiger partial charge in [0, 0.05) is 36.5 Å². The Morgan fingerprint density at radius 2 is 2.26 bits per heavy atom. The fraction of sp³-hybridized carbons (Fsp3) is 0.143. The molecule has 0 unspecified atom stereocenters. The van der Waals surface area contributed by atoms with Crippen LogP contribution < -0.4 is 10.4 Å². The largest absolute Gasteiger partial charge is 0.497 e. The van der Waals surface area contributed by atoms with E-state index in [1.807, 2.05) is 22.9 Å². The van der Waals surface area contributed by atoms with Gasteiger partial charge in [-0.3, -0.25) is 0 Å². The third kappa shape index (κ3) is 2.22. The van der Waals surface area contributed by atoms with E-state index in [2.05, 4.69) is 4.98 Å². The number of rotatable bonds is 3. The first kappa shape index (κ1) is 11.5.